The van der Waals surface area contributed by atoms with Gasteiger partial charge in [-0.25, -0.2) is 0 Å². The minimum atomic E-state index is -0.264. The molecule has 2 heterocycles. The Bertz CT molecular complexity index is 803. The SMILES string of the molecule is CC(=O)c1cccc(NC(=O)c2cncc(NCCN3CCOCC3)c2)c1. The molecule has 7 heteroatoms. The summed E-state index contributed by atoms with van der Waals surface area (Å²) in [4.78, 5) is 30.4. The van der Waals surface area contributed by atoms with Crippen LogP contribution in [0.15, 0.2) is 42.7 Å². The molecule has 0 unspecified atom stereocenters. The highest BCUT2D eigenvalue weighted by atomic mass is 16.5. The predicted octanol–water partition coefficient (Wildman–Crippen LogP) is 2.28. The lowest BCUT2D eigenvalue weighted by atomic mass is 10.1. The second-order valence-electron chi connectivity index (χ2n) is 6.43. The Morgan fingerprint density at radius 1 is 1.11 bits per heavy atom. The Morgan fingerprint density at radius 2 is 1.89 bits per heavy atom. The van der Waals surface area contributed by atoms with Crippen LogP contribution in [0.25, 0.3) is 0 Å². The molecule has 142 valence electrons. The molecule has 1 amide bonds. The van der Waals surface area contributed by atoms with Gasteiger partial charge >= 0.3 is 0 Å². The first-order valence-electron chi connectivity index (χ1n) is 9.03. The number of anilines is 2. The van der Waals surface area contributed by atoms with Crippen LogP contribution in [0, 0.1) is 0 Å². The van der Waals surface area contributed by atoms with Gasteiger partial charge in [0.15, 0.2) is 5.78 Å². The summed E-state index contributed by atoms with van der Waals surface area (Å²) in [5, 5.41) is 6.11. The number of morpholine rings is 1. The lowest BCUT2D eigenvalue weighted by Crippen LogP contribution is -2.39. The monoisotopic (exact) mass is 368 g/mol. The summed E-state index contributed by atoms with van der Waals surface area (Å²) < 4.78 is 5.34. The number of carbonyl (C=O) groups is 2. The van der Waals surface area contributed by atoms with Gasteiger partial charge in [0.25, 0.3) is 5.91 Å². The zero-order valence-electron chi connectivity index (χ0n) is 15.4. The molecule has 2 aromatic rings. The van der Waals surface area contributed by atoms with Crippen LogP contribution in [0.2, 0.25) is 0 Å². The topological polar surface area (TPSA) is 83.6 Å². The number of Topliss-reactive ketones (excluding diaryl/α,β-unsaturated/α-hetero) is 1. The number of pyridine rings is 1. The van der Waals surface area contributed by atoms with Crippen LogP contribution in [-0.4, -0.2) is 61.0 Å². The maximum Gasteiger partial charge on any atom is 0.257 e. The van der Waals surface area contributed by atoms with Gasteiger partial charge < -0.3 is 15.4 Å². The molecule has 0 aliphatic carbocycles. The first-order valence-corrected chi connectivity index (χ1v) is 9.03. The summed E-state index contributed by atoms with van der Waals surface area (Å²) in [6, 6.07) is 8.66. The van der Waals surface area contributed by atoms with E-state index in [-0.39, 0.29) is 11.7 Å². The smallest absolute Gasteiger partial charge is 0.257 e. The van der Waals surface area contributed by atoms with Gasteiger partial charge in [-0.15, -0.1) is 0 Å². The van der Waals surface area contributed by atoms with Crippen molar-refractivity contribution in [2.75, 3.05) is 50.0 Å². The molecule has 7 nitrogen and oxygen atoms in total. The molecule has 3 rings (SSSR count). The van der Waals surface area contributed by atoms with Gasteiger partial charge in [-0.05, 0) is 25.1 Å². The van der Waals surface area contributed by atoms with Crippen molar-refractivity contribution in [1.82, 2.24) is 9.88 Å². The van der Waals surface area contributed by atoms with Crippen molar-refractivity contribution in [2.45, 2.75) is 6.92 Å². The van der Waals surface area contributed by atoms with Gasteiger partial charge in [0, 0.05) is 49.8 Å². The molecule has 0 bridgehead atoms. The van der Waals surface area contributed by atoms with E-state index >= 15 is 0 Å². The maximum atomic E-state index is 12.5. The average Bonchev–Trinajstić information content (AvgIpc) is 2.69. The number of aromatic nitrogens is 1. The summed E-state index contributed by atoms with van der Waals surface area (Å²) in [5.41, 5.74) is 2.40. The largest absolute Gasteiger partial charge is 0.382 e. The van der Waals surface area contributed by atoms with E-state index in [9.17, 15) is 9.59 Å². The molecule has 0 spiro atoms. The maximum absolute atomic E-state index is 12.5. The van der Waals surface area contributed by atoms with Gasteiger partial charge in [-0.1, -0.05) is 12.1 Å². The zero-order chi connectivity index (χ0) is 19.1. The van der Waals surface area contributed by atoms with E-state index < -0.39 is 0 Å². The van der Waals surface area contributed by atoms with Crippen molar-refractivity contribution in [3.63, 3.8) is 0 Å². The van der Waals surface area contributed by atoms with E-state index in [0.717, 1.165) is 45.1 Å². The first-order chi connectivity index (χ1) is 13.1. The van der Waals surface area contributed by atoms with Crippen LogP contribution in [0.4, 0.5) is 11.4 Å². The Kier molecular flexibility index (Phi) is 6.51. The number of nitrogens with zero attached hydrogens (tertiary/aromatic N) is 2. The molecule has 1 aliphatic rings. The fourth-order valence-corrected chi connectivity index (χ4v) is 2.86. The second-order valence-corrected chi connectivity index (χ2v) is 6.43. The highest BCUT2D eigenvalue weighted by Gasteiger charge is 2.11. The number of hydrogen-bond donors (Lipinski definition) is 2. The second kappa shape index (κ2) is 9.25. The minimum Gasteiger partial charge on any atom is -0.382 e. The molecule has 1 fully saturated rings. The lowest BCUT2D eigenvalue weighted by Gasteiger charge is -2.26. The molecule has 1 aromatic carbocycles. The van der Waals surface area contributed by atoms with Gasteiger partial charge in [-0.2, -0.15) is 0 Å². The first kappa shape index (κ1) is 19.0. The van der Waals surface area contributed by atoms with E-state index in [4.69, 9.17) is 4.74 Å². The number of amides is 1. The van der Waals surface area contributed by atoms with E-state index in [1.54, 1.807) is 36.5 Å². The minimum absolute atomic E-state index is 0.0424. The third-order valence-electron chi connectivity index (χ3n) is 4.39. The fraction of sp³-hybridized carbons (Fsp3) is 0.350. The Balaban J connectivity index is 1.56. The molecular formula is C20H24N4O3. The van der Waals surface area contributed by atoms with E-state index in [1.807, 2.05) is 0 Å². The Hall–Kier alpha value is -2.77. The summed E-state index contributed by atoms with van der Waals surface area (Å²) >= 11 is 0. The molecule has 1 aromatic heterocycles. The number of carbonyl (C=O) groups excluding carboxylic acids is 2. The average molecular weight is 368 g/mol. The Labute approximate surface area is 158 Å². The molecule has 2 N–H and O–H groups in total. The van der Waals surface area contributed by atoms with Gasteiger partial charge in [0.2, 0.25) is 0 Å². The van der Waals surface area contributed by atoms with E-state index in [1.165, 1.54) is 13.1 Å². The number of benzene rings is 1. The van der Waals surface area contributed by atoms with Crippen molar-refractivity contribution < 1.29 is 14.3 Å². The third-order valence-corrected chi connectivity index (χ3v) is 4.39. The Morgan fingerprint density at radius 3 is 2.67 bits per heavy atom. The van der Waals surface area contributed by atoms with Gasteiger partial charge in [0.1, 0.15) is 0 Å². The summed E-state index contributed by atoms with van der Waals surface area (Å²) in [6.45, 7) is 6.63. The van der Waals surface area contributed by atoms with Crippen LogP contribution < -0.4 is 10.6 Å². The van der Waals surface area contributed by atoms with Crippen molar-refractivity contribution in [2.24, 2.45) is 0 Å². The van der Waals surface area contributed by atoms with Gasteiger partial charge in [0.05, 0.1) is 24.5 Å². The molecule has 1 saturated heterocycles. The van der Waals surface area contributed by atoms with Crippen LogP contribution in [0.1, 0.15) is 27.6 Å². The molecule has 0 atom stereocenters. The number of hydrogen-bond acceptors (Lipinski definition) is 6. The number of ether oxygens (including phenoxy) is 1. The quantitative estimate of drug-likeness (QED) is 0.730. The molecule has 27 heavy (non-hydrogen) atoms. The standard InChI is InChI=1S/C20H24N4O3/c1-15(25)16-3-2-4-18(11-16)23-20(26)17-12-19(14-21-13-17)22-5-6-24-7-9-27-10-8-24/h2-4,11-14,22H,5-10H2,1H3,(H,23,26). The van der Waals surface area contributed by atoms with Crippen LogP contribution in [0.5, 0.6) is 0 Å². The van der Waals surface area contributed by atoms with Crippen LogP contribution >= 0.6 is 0 Å². The summed E-state index contributed by atoms with van der Waals surface area (Å²) in [5.74, 6) is -0.306. The van der Waals surface area contributed by atoms with Crippen molar-refractivity contribution in [3.05, 3.63) is 53.9 Å². The molecule has 0 radical (unpaired) electrons. The van der Waals surface area contributed by atoms with E-state index in [0.29, 0.717) is 16.8 Å². The normalized spacial score (nSPS) is 14.6. The van der Waals surface area contributed by atoms with Crippen molar-refractivity contribution in [3.8, 4) is 0 Å². The number of rotatable bonds is 7. The lowest BCUT2D eigenvalue weighted by molar-refractivity contribution is 0.0398. The highest BCUT2D eigenvalue weighted by molar-refractivity contribution is 6.05. The fourth-order valence-electron chi connectivity index (χ4n) is 2.86. The number of ketones is 1. The summed E-state index contributed by atoms with van der Waals surface area (Å²) in [6.07, 6.45) is 3.23. The summed E-state index contributed by atoms with van der Waals surface area (Å²) in [7, 11) is 0. The molecule has 1 aliphatic heterocycles. The molecular weight excluding hydrogens is 344 g/mol. The molecule has 0 saturated carbocycles. The van der Waals surface area contributed by atoms with Crippen LogP contribution in [-0.2, 0) is 4.74 Å². The van der Waals surface area contributed by atoms with Crippen molar-refractivity contribution >= 4 is 23.1 Å². The third kappa shape index (κ3) is 5.60. The van der Waals surface area contributed by atoms with Gasteiger partial charge in [-0.3, -0.25) is 19.5 Å². The van der Waals surface area contributed by atoms with Crippen LogP contribution in [0.3, 0.4) is 0 Å². The van der Waals surface area contributed by atoms with E-state index in [2.05, 4.69) is 20.5 Å². The zero-order valence-corrected chi connectivity index (χ0v) is 15.4. The predicted molar refractivity (Wildman–Crippen MR) is 104 cm³/mol. The van der Waals surface area contributed by atoms with Crippen molar-refractivity contribution in [1.29, 1.82) is 0 Å². The highest BCUT2D eigenvalue weighted by Crippen LogP contribution is 2.14. The number of nitrogens with one attached hydrogen (secondary N) is 2.